The molecule has 2 aliphatic carbocycles. The molecule has 3 fully saturated rings. The van der Waals surface area contributed by atoms with Gasteiger partial charge in [0.1, 0.15) is 0 Å². The normalized spacial score (nSPS) is 41.9. The number of hydrogen-bond acceptors (Lipinski definition) is 4. The lowest BCUT2D eigenvalue weighted by Gasteiger charge is -2.40. The lowest BCUT2D eigenvalue weighted by Crippen LogP contribution is -2.49. The summed E-state index contributed by atoms with van der Waals surface area (Å²) in [6, 6.07) is 0. The van der Waals surface area contributed by atoms with E-state index in [0.717, 1.165) is 18.3 Å². The summed E-state index contributed by atoms with van der Waals surface area (Å²) >= 11 is 4.61. The summed E-state index contributed by atoms with van der Waals surface area (Å²) in [5.74, 6) is 2.62. The minimum Gasteiger partial charge on any atom is -0.402 e. The van der Waals surface area contributed by atoms with Crippen LogP contribution < -0.4 is 0 Å². The van der Waals surface area contributed by atoms with E-state index in [2.05, 4.69) is 19.6 Å². The van der Waals surface area contributed by atoms with E-state index in [4.69, 9.17) is 9.31 Å². The van der Waals surface area contributed by atoms with Crippen LogP contribution in [-0.4, -0.2) is 29.8 Å². The molecule has 1 N–H and O–H groups in total. The molecular weight excluding hydrogens is 283 g/mol. The molecule has 4 atom stereocenters. The second-order valence-corrected chi connectivity index (χ2v) is 7.83. The first-order valence-electron chi connectivity index (χ1n) is 8.76. The van der Waals surface area contributed by atoms with Crippen LogP contribution in [0, 0.1) is 17.8 Å². The van der Waals surface area contributed by atoms with Gasteiger partial charge in [0.25, 0.3) is 0 Å². The van der Waals surface area contributed by atoms with Crippen LogP contribution >= 0.6 is 12.6 Å². The van der Waals surface area contributed by atoms with Gasteiger partial charge in [-0.25, -0.2) is 0 Å². The average Bonchev–Trinajstić information content (AvgIpc) is 3.04. The Hall–Kier alpha value is 0.295. The lowest BCUT2D eigenvalue weighted by molar-refractivity contribution is -0.0108. The third kappa shape index (κ3) is 3.31. The van der Waals surface area contributed by atoms with Crippen molar-refractivity contribution in [3.05, 3.63) is 0 Å². The molecule has 0 aromatic heterocycles. The van der Waals surface area contributed by atoms with Crippen LogP contribution in [-0.2, 0) is 9.31 Å². The summed E-state index contributed by atoms with van der Waals surface area (Å²) in [5.41, 5.74) is -0.370. The Balaban J connectivity index is 1.72. The van der Waals surface area contributed by atoms with Gasteiger partial charge in [-0.2, -0.15) is 12.6 Å². The Labute approximate surface area is 134 Å². The van der Waals surface area contributed by atoms with E-state index in [1.165, 1.54) is 51.4 Å². The molecule has 0 radical (unpaired) electrons. The highest BCUT2D eigenvalue weighted by Gasteiger charge is 2.56. The first kappa shape index (κ1) is 16.2. The largest absolute Gasteiger partial charge is 0.637 e. The van der Waals surface area contributed by atoms with Crippen LogP contribution in [0.1, 0.15) is 64.7 Å². The van der Waals surface area contributed by atoms with E-state index in [9.17, 15) is 5.02 Å². The zero-order valence-electron chi connectivity index (χ0n) is 13.2. The highest BCUT2D eigenvalue weighted by molar-refractivity contribution is 7.80. The van der Waals surface area contributed by atoms with Crippen molar-refractivity contribution < 1.29 is 14.3 Å². The van der Waals surface area contributed by atoms with Gasteiger partial charge in [-0.1, -0.05) is 45.4 Å². The minimum atomic E-state index is -1.05. The van der Waals surface area contributed by atoms with Gasteiger partial charge in [-0.15, -0.1) is 0 Å². The van der Waals surface area contributed by atoms with Crippen LogP contribution in [0.3, 0.4) is 0 Å². The van der Waals surface area contributed by atoms with E-state index in [0.29, 0.717) is 11.7 Å². The fourth-order valence-electron chi connectivity index (χ4n) is 4.81. The zero-order valence-corrected chi connectivity index (χ0v) is 14.1. The predicted molar refractivity (Wildman–Crippen MR) is 88.2 cm³/mol. The molecule has 4 unspecified atom stereocenters. The number of hydrogen-bond donors (Lipinski definition) is 2. The molecule has 0 spiro atoms. The van der Waals surface area contributed by atoms with E-state index in [1.807, 2.05) is 0 Å². The van der Waals surface area contributed by atoms with Crippen LogP contribution in [0.5, 0.6) is 0 Å². The van der Waals surface area contributed by atoms with Crippen molar-refractivity contribution in [3.8, 4) is 0 Å². The molecule has 2 saturated carbocycles. The van der Waals surface area contributed by atoms with E-state index >= 15 is 0 Å². The standard InChI is InChI=1S/C16H29BO3S/c1-12-7-8-14(9-12)16(11-21)15(19-17(18)20-16)10-13-5-3-2-4-6-13/h12-15,18,21H,2-11H2,1H3. The van der Waals surface area contributed by atoms with Crippen molar-refractivity contribution >= 4 is 20.0 Å². The Morgan fingerprint density at radius 2 is 1.95 bits per heavy atom. The van der Waals surface area contributed by atoms with Gasteiger partial charge in [0.15, 0.2) is 0 Å². The maximum atomic E-state index is 9.94. The molecule has 0 aromatic rings. The van der Waals surface area contributed by atoms with E-state index in [1.54, 1.807) is 0 Å². The monoisotopic (exact) mass is 312 g/mol. The topological polar surface area (TPSA) is 38.7 Å². The van der Waals surface area contributed by atoms with Gasteiger partial charge in [0.2, 0.25) is 0 Å². The summed E-state index contributed by atoms with van der Waals surface area (Å²) < 4.78 is 11.7. The van der Waals surface area contributed by atoms with Crippen molar-refractivity contribution in [1.29, 1.82) is 0 Å². The number of thiol groups is 1. The minimum absolute atomic E-state index is 0.0170. The Morgan fingerprint density at radius 3 is 2.57 bits per heavy atom. The molecule has 3 aliphatic rings. The van der Waals surface area contributed by atoms with Crippen molar-refractivity contribution in [3.63, 3.8) is 0 Å². The Morgan fingerprint density at radius 1 is 1.19 bits per heavy atom. The molecule has 120 valence electrons. The Kier molecular flexibility index (Phi) is 5.25. The van der Waals surface area contributed by atoms with Gasteiger partial charge in [0.05, 0.1) is 11.7 Å². The first-order valence-corrected chi connectivity index (χ1v) is 9.39. The van der Waals surface area contributed by atoms with Crippen molar-refractivity contribution in [2.24, 2.45) is 17.8 Å². The second kappa shape index (κ2) is 6.82. The van der Waals surface area contributed by atoms with Crippen molar-refractivity contribution in [1.82, 2.24) is 0 Å². The molecule has 0 bridgehead atoms. The fraction of sp³-hybridized carbons (Fsp3) is 1.00. The maximum Gasteiger partial charge on any atom is 0.637 e. The predicted octanol–water partition coefficient (Wildman–Crippen LogP) is 3.45. The lowest BCUT2D eigenvalue weighted by atomic mass is 9.76. The van der Waals surface area contributed by atoms with Gasteiger partial charge in [-0.05, 0) is 37.0 Å². The third-order valence-electron chi connectivity index (χ3n) is 6.05. The van der Waals surface area contributed by atoms with Crippen LogP contribution in [0.4, 0.5) is 0 Å². The quantitative estimate of drug-likeness (QED) is 0.617. The summed E-state index contributed by atoms with van der Waals surface area (Å²) in [6.45, 7) is 2.31. The third-order valence-corrected chi connectivity index (χ3v) is 6.55. The summed E-state index contributed by atoms with van der Waals surface area (Å²) in [7, 11) is -1.05. The van der Waals surface area contributed by atoms with E-state index in [-0.39, 0.29) is 11.7 Å². The molecule has 1 aliphatic heterocycles. The summed E-state index contributed by atoms with van der Waals surface area (Å²) in [6.07, 6.45) is 11.3. The van der Waals surface area contributed by atoms with Gasteiger partial charge in [0, 0.05) is 5.75 Å². The molecule has 3 nitrogen and oxygen atoms in total. The van der Waals surface area contributed by atoms with Gasteiger partial charge in [-0.3, -0.25) is 0 Å². The van der Waals surface area contributed by atoms with Crippen LogP contribution in [0.15, 0.2) is 0 Å². The molecule has 3 rings (SSSR count). The molecule has 0 aromatic carbocycles. The molecule has 21 heavy (non-hydrogen) atoms. The van der Waals surface area contributed by atoms with E-state index < -0.39 is 7.32 Å². The van der Waals surface area contributed by atoms with Crippen LogP contribution in [0.2, 0.25) is 0 Å². The molecule has 1 saturated heterocycles. The smallest absolute Gasteiger partial charge is 0.402 e. The second-order valence-electron chi connectivity index (χ2n) is 7.52. The van der Waals surface area contributed by atoms with Crippen molar-refractivity contribution in [2.75, 3.05) is 5.75 Å². The summed E-state index contributed by atoms with van der Waals surface area (Å²) in [4.78, 5) is 0. The SMILES string of the molecule is CC1CCC(C2(CS)OB(O)OC2CC2CCCCC2)C1. The van der Waals surface area contributed by atoms with Crippen molar-refractivity contribution in [2.45, 2.75) is 76.4 Å². The molecule has 0 amide bonds. The van der Waals surface area contributed by atoms with Crippen LogP contribution in [0.25, 0.3) is 0 Å². The summed E-state index contributed by atoms with van der Waals surface area (Å²) in [5, 5.41) is 9.94. The highest BCUT2D eigenvalue weighted by Crippen LogP contribution is 2.47. The van der Waals surface area contributed by atoms with Gasteiger partial charge >= 0.3 is 7.32 Å². The first-order chi connectivity index (χ1) is 10.1. The maximum absolute atomic E-state index is 9.94. The highest BCUT2D eigenvalue weighted by atomic mass is 32.1. The molecular formula is C16H29BO3S. The molecule has 5 heteroatoms. The average molecular weight is 312 g/mol. The Bertz CT molecular complexity index is 350. The fourth-order valence-corrected chi connectivity index (χ4v) is 5.34. The number of rotatable bonds is 4. The molecule has 1 heterocycles. The zero-order chi connectivity index (χ0) is 14.9. The van der Waals surface area contributed by atoms with Gasteiger partial charge < -0.3 is 14.3 Å².